The van der Waals surface area contributed by atoms with Gasteiger partial charge >= 0.3 is 0 Å². The Balaban J connectivity index is 2.10. The summed E-state index contributed by atoms with van der Waals surface area (Å²) in [6.45, 7) is 1.84. The summed E-state index contributed by atoms with van der Waals surface area (Å²) in [7, 11) is 0. The monoisotopic (exact) mass is 293 g/mol. The molecule has 1 heterocycles. The highest BCUT2D eigenvalue weighted by molar-refractivity contribution is 9.08. The number of carbonyl (C=O) groups is 1. The van der Waals surface area contributed by atoms with Crippen molar-refractivity contribution in [2.24, 2.45) is 0 Å². The number of alkyl halides is 1. The maximum Gasteiger partial charge on any atom is 0.291 e. The molecule has 0 atom stereocenters. The topological polar surface area (TPSA) is 42.2 Å². The first-order valence-electron chi connectivity index (χ1n) is 5.21. The molecule has 1 amide bonds. The van der Waals surface area contributed by atoms with Gasteiger partial charge in [-0.25, -0.2) is 0 Å². The average Bonchev–Trinajstić information content (AvgIpc) is 2.76. The zero-order chi connectivity index (χ0) is 12.3. The van der Waals surface area contributed by atoms with Crippen molar-refractivity contribution in [3.05, 3.63) is 53.5 Å². The van der Waals surface area contributed by atoms with Gasteiger partial charge in [0.1, 0.15) is 0 Å². The summed E-state index contributed by atoms with van der Waals surface area (Å²) in [5.41, 5.74) is 2.76. The van der Waals surface area contributed by atoms with Gasteiger partial charge in [-0.2, -0.15) is 0 Å². The number of aryl methyl sites for hydroxylation is 1. The molecule has 0 radical (unpaired) electrons. The molecule has 1 aromatic carbocycles. The second-order valence-corrected chi connectivity index (χ2v) is 4.28. The minimum absolute atomic E-state index is 0.223. The Morgan fingerprint density at radius 3 is 2.53 bits per heavy atom. The van der Waals surface area contributed by atoms with E-state index >= 15 is 0 Å². The van der Waals surface area contributed by atoms with Crippen LogP contribution in [0, 0.1) is 6.92 Å². The number of amides is 1. The van der Waals surface area contributed by atoms with Gasteiger partial charge in [0.2, 0.25) is 0 Å². The largest absolute Gasteiger partial charge is 0.459 e. The fourth-order valence-corrected chi connectivity index (χ4v) is 1.84. The van der Waals surface area contributed by atoms with Gasteiger partial charge in [0.15, 0.2) is 5.76 Å². The predicted molar refractivity (Wildman–Crippen MR) is 70.5 cm³/mol. The van der Waals surface area contributed by atoms with Gasteiger partial charge in [0.25, 0.3) is 5.91 Å². The molecule has 1 N–H and O–H groups in total. The first kappa shape index (κ1) is 11.9. The predicted octanol–water partition coefficient (Wildman–Crippen LogP) is 3.74. The van der Waals surface area contributed by atoms with Gasteiger partial charge in [0, 0.05) is 16.6 Å². The van der Waals surface area contributed by atoms with Crippen LogP contribution < -0.4 is 5.32 Å². The molecular weight excluding hydrogens is 282 g/mol. The Hall–Kier alpha value is -1.55. The van der Waals surface area contributed by atoms with Gasteiger partial charge in [0.05, 0.1) is 6.26 Å². The van der Waals surface area contributed by atoms with E-state index in [-0.39, 0.29) is 5.91 Å². The molecule has 2 rings (SSSR count). The molecule has 0 saturated heterocycles. The summed E-state index contributed by atoms with van der Waals surface area (Å²) in [5, 5.41) is 3.59. The summed E-state index contributed by atoms with van der Waals surface area (Å²) in [6, 6.07) is 9.42. The summed E-state index contributed by atoms with van der Waals surface area (Å²) < 4.78 is 5.12. The minimum Gasteiger partial charge on any atom is -0.459 e. The van der Waals surface area contributed by atoms with E-state index < -0.39 is 0 Å². The number of anilines is 1. The highest BCUT2D eigenvalue weighted by atomic mass is 79.9. The van der Waals surface area contributed by atoms with E-state index in [0.29, 0.717) is 5.76 Å². The van der Waals surface area contributed by atoms with E-state index in [9.17, 15) is 4.79 Å². The Labute approximate surface area is 108 Å². The molecule has 0 fully saturated rings. The molecule has 0 aliphatic heterocycles. The maximum absolute atomic E-state index is 11.8. The van der Waals surface area contributed by atoms with E-state index in [4.69, 9.17) is 4.42 Å². The molecule has 4 heteroatoms. The van der Waals surface area contributed by atoms with Gasteiger partial charge in [-0.15, -0.1) is 0 Å². The number of halogens is 1. The number of benzene rings is 1. The van der Waals surface area contributed by atoms with Crippen LogP contribution in [0.3, 0.4) is 0 Å². The fraction of sp³-hybridized carbons (Fsp3) is 0.154. The molecule has 0 aliphatic rings. The Bertz CT molecular complexity index is 516. The van der Waals surface area contributed by atoms with Gasteiger partial charge < -0.3 is 9.73 Å². The van der Waals surface area contributed by atoms with E-state index in [1.165, 1.54) is 6.26 Å². The normalized spacial score (nSPS) is 10.2. The molecule has 3 nitrogen and oxygen atoms in total. The van der Waals surface area contributed by atoms with E-state index in [1.807, 2.05) is 31.2 Å². The van der Waals surface area contributed by atoms with Crippen LogP contribution in [-0.4, -0.2) is 5.91 Å². The zero-order valence-electron chi connectivity index (χ0n) is 9.37. The summed E-state index contributed by atoms with van der Waals surface area (Å²) in [4.78, 5) is 11.8. The number of nitrogens with one attached hydrogen (secondary N) is 1. The number of rotatable bonds is 3. The third-order valence-corrected chi connectivity index (χ3v) is 3.08. The molecule has 88 valence electrons. The smallest absolute Gasteiger partial charge is 0.291 e. The fourth-order valence-electron chi connectivity index (χ4n) is 1.47. The number of furan rings is 1. The van der Waals surface area contributed by atoms with Crippen LogP contribution in [0.2, 0.25) is 0 Å². The van der Waals surface area contributed by atoms with E-state index in [0.717, 1.165) is 22.1 Å². The third kappa shape index (κ3) is 2.77. The van der Waals surface area contributed by atoms with E-state index in [1.54, 1.807) is 6.07 Å². The van der Waals surface area contributed by atoms with Gasteiger partial charge in [-0.05, 0) is 30.7 Å². The Kier molecular flexibility index (Phi) is 3.64. The first-order chi connectivity index (χ1) is 8.20. The maximum atomic E-state index is 11.8. The lowest BCUT2D eigenvalue weighted by molar-refractivity contribution is 0.0996. The summed E-state index contributed by atoms with van der Waals surface area (Å²) in [5.74, 6) is 0.133. The van der Waals surface area contributed by atoms with Crippen molar-refractivity contribution < 1.29 is 9.21 Å². The molecular formula is C13H12BrNO2. The van der Waals surface area contributed by atoms with Crippen molar-refractivity contribution >= 4 is 27.5 Å². The van der Waals surface area contributed by atoms with Crippen LogP contribution in [0.1, 0.15) is 21.7 Å². The highest BCUT2D eigenvalue weighted by Crippen LogP contribution is 2.15. The number of hydrogen-bond donors (Lipinski definition) is 1. The lowest BCUT2D eigenvalue weighted by Crippen LogP contribution is -2.11. The van der Waals surface area contributed by atoms with Crippen LogP contribution in [-0.2, 0) is 5.33 Å². The Morgan fingerprint density at radius 1 is 1.29 bits per heavy atom. The van der Waals surface area contributed by atoms with Crippen LogP contribution in [0.15, 0.2) is 41.0 Å². The van der Waals surface area contributed by atoms with Gasteiger partial charge in [-0.3, -0.25) is 4.79 Å². The molecule has 0 unspecified atom stereocenters. The first-order valence-corrected chi connectivity index (χ1v) is 6.33. The summed E-state index contributed by atoms with van der Waals surface area (Å²) >= 11 is 3.37. The molecule has 1 aromatic heterocycles. The average molecular weight is 294 g/mol. The van der Waals surface area contributed by atoms with Crippen molar-refractivity contribution in [2.45, 2.75) is 12.3 Å². The van der Waals surface area contributed by atoms with Crippen molar-refractivity contribution in [3.8, 4) is 0 Å². The lowest BCUT2D eigenvalue weighted by Gasteiger charge is -2.04. The quantitative estimate of drug-likeness (QED) is 0.876. The summed E-state index contributed by atoms with van der Waals surface area (Å²) in [6.07, 6.45) is 1.51. The van der Waals surface area contributed by atoms with Crippen LogP contribution in [0.5, 0.6) is 0 Å². The second kappa shape index (κ2) is 5.19. The molecule has 2 aromatic rings. The number of carbonyl (C=O) groups excluding carboxylic acids is 1. The van der Waals surface area contributed by atoms with Crippen molar-refractivity contribution in [1.29, 1.82) is 0 Å². The Morgan fingerprint density at radius 2 is 2.00 bits per heavy atom. The van der Waals surface area contributed by atoms with Crippen LogP contribution >= 0.6 is 15.9 Å². The minimum atomic E-state index is -0.223. The van der Waals surface area contributed by atoms with Crippen molar-refractivity contribution in [1.82, 2.24) is 0 Å². The van der Waals surface area contributed by atoms with Crippen LogP contribution in [0.4, 0.5) is 5.69 Å². The molecule has 0 spiro atoms. The molecule has 0 bridgehead atoms. The van der Waals surface area contributed by atoms with E-state index in [2.05, 4.69) is 21.2 Å². The third-order valence-electron chi connectivity index (χ3n) is 2.43. The lowest BCUT2D eigenvalue weighted by atomic mass is 10.2. The zero-order valence-corrected chi connectivity index (χ0v) is 11.0. The van der Waals surface area contributed by atoms with Gasteiger partial charge in [-0.1, -0.05) is 28.1 Å². The second-order valence-electron chi connectivity index (χ2n) is 3.72. The SMILES string of the molecule is Cc1ccoc1C(=O)Nc1ccc(CBr)cc1. The molecule has 17 heavy (non-hydrogen) atoms. The number of hydrogen-bond acceptors (Lipinski definition) is 2. The van der Waals surface area contributed by atoms with Crippen molar-refractivity contribution in [3.63, 3.8) is 0 Å². The molecule has 0 aliphatic carbocycles. The van der Waals surface area contributed by atoms with Crippen LogP contribution in [0.25, 0.3) is 0 Å². The molecule has 0 saturated carbocycles. The van der Waals surface area contributed by atoms with Crippen molar-refractivity contribution in [2.75, 3.05) is 5.32 Å². The highest BCUT2D eigenvalue weighted by Gasteiger charge is 2.12. The standard InChI is InChI=1S/C13H12BrNO2/c1-9-6-7-17-12(9)13(16)15-11-4-2-10(8-14)3-5-11/h2-7H,8H2,1H3,(H,15,16).